The van der Waals surface area contributed by atoms with E-state index in [1.165, 1.54) is 3.57 Å². The molecule has 1 heterocycles. The number of hydrogen-bond donors (Lipinski definition) is 1. The second kappa shape index (κ2) is 6.85. The van der Waals surface area contributed by atoms with Crippen LogP contribution in [0.2, 0.25) is 0 Å². The number of ether oxygens (including phenoxy) is 2. The summed E-state index contributed by atoms with van der Waals surface area (Å²) in [5.74, 6) is 0.894. The number of aromatic nitrogens is 2. The Morgan fingerprint density at radius 3 is 2.40 bits per heavy atom. The summed E-state index contributed by atoms with van der Waals surface area (Å²) in [7, 11) is 5.01. The standard InChI is InChI=1S/C14H16IN3O2/c1-16-12(9-4-6-10(15)7-5-9)13-14(20-3)18-11(19-2)8-17-13/h4-8,12,16H,1-3H3. The molecule has 0 aliphatic heterocycles. The average Bonchev–Trinajstić information content (AvgIpc) is 2.50. The van der Waals surface area contributed by atoms with Gasteiger partial charge in [-0.3, -0.25) is 0 Å². The highest BCUT2D eigenvalue weighted by atomic mass is 127. The van der Waals surface area contributed by atoms with E-state index >= 15 is 0 Å². The molecule has 6 heteroatoms. The lowest BCUT2D eigenvalue weighted by Crippen LogP contribution is -2.20. The van der Waals surface area contributed by atoms with Crippen LogP contribution in [0.5, 0.6) is 11.8 Å². The van der Waals surface area contributed by atoms with Crippen molar-refractivity contribution in [1.82, 2.24) is 15.3 Å². The normalized spacial score (nSPS) is 12.0. The van der Waals surface area contributed by atoms with E-state index in [0.29, 0.717) is 11.8 Å². The van der Waals surface area contributed by atoms with E-state index in [1.807, 2.05) is 7.05 Å². The van der Waals surface area contributed by atoms with Gasteiger partial charge in [-0.2, -0.15) is 4.98 Å². The highest BCUT2D eigenvalue weighted by Gasteiger charge is 2.20. The van der Waals surface area contributed by atoms with Crippen LogP contribution >= 0.6 is 22.6 Å². The van der Waals surface area contributed by atoms with Gasteiger partial charge in [0, 0.05) is 3.57 Å². The molecule has 20 heavy (non-hydrogen) atoms. The topological polar surface area (TPSA) is 56.3 Å². The lowest BCUT2D eigenvalue weighted by atomic mass is 10.0. The first kappa shape index (κ1) is 15.0. The van der Waals surface area contributed by atoms with Crippen molar-refractivity contribution in [1.29, 1.82) is 0 Å². The number of halogens is 1. The van der Waals surface area contributed by atoms with Crippen molar-refractivity contribution in [2.75, 3.05) is 21.3 Å². The van der Waals surface area contributed by atoms with E-state index in [2.05, 4.69) is 62.1 Å². The van der Waals surface area contributed by atoms with Gasteiger partial charge in [-0.05, 0) is 47.3 Å². The van der Waals surface area contributed by atoms with Crippen LogP contribution in [0.25, 0.3) is 0 Å². The number of nitrogens with one attached hydrogen (secondary N) is 1. The van der Waals surface area contributed by atoms with E-state index in [1.54, 1.807) is 20.4 Å². The van der Waals surface area contributed by atoms with Crippen molar-refractivity contribution in [3.8, 4) is 11.8 Å². The third-order valence-electron chi connectivity index (χ3n) is 2.91. The summed E-state index contributed by atoms with van der Waals surface area (Å²) >= 11 is 2.28. The maximum Gasteiger partial charge on any atom is 0.240 e. The molecule has 0 aliphatic carbocycles. The molecule has 2 rings (SSSR count). The Morgan fingerprint density at radius 1 is 1.15 bits per heavy atom. The molecule has 0 saturated heterocycles. The first-order chi connectivity index (χ1) is 9.69. The van der Waals surface area contributed by atoms with Crippen molar-refractivity contribution in [2.24, 2.45) is 0 Å². The Labute approximate surface area is 131 Å². The van der Waals surface area contributed by atoms with Crippen LogP contribution in [-0.4, -0.2) is 31.2 Å². The molecule has 0 bridgehead atoms. The minimum atomic E-state index is -0.0830. The summed E-state index contributed by atoms with van der Waals surface area (Å²) in [4.78, 5) is 8.69. The number of rotatable bonds is 5. The fourth-order valence-electron chi connectivity index (χ4n) is 1.93. The number of hydrogen-bond acceptors (Lipinski definition) is 5. The molecule has 0 radical (unpaired) electrons. The van der Waals surface area contributed by atoms with Crippen molar-refractivity contribution < 1.29 is 9.47 Å². The smallest absolute Gasteiger partial charge is 0.240 e. The molecule has 0 fully saturated rings. The largest absolute Gasteiger partial charge is 0.480 e. The molecule has 0 amide bonds. The van der Waals surface area contributed by atoms with Crippen LogP contribution in [0, 0.1) is 3.57 Å². The van der Waals surface area contributed by atoms with Gasteiger partial charge in [0.25, 0.3) is 0 Å². The maximum atomic E-state index is 5.32. The molecule has 0 spiro atoms. The molecule has 5 nitrogen and oxygen atoms in total. The second-order valence-corrected chi connectivity index (χ2v) is 5.33. The molecule has 0 saturated carbocycles. The molecule has 1 aromatic heterocycles. The van der Waals surface area contributed by atoms with Gasteiger partial charge in [0.1, 0.15) is 5.69 Å². The molecule has 0 aliphatic rings. The maximum absolute atomic E-state index is 5.32. The van der Waals surface area contributed by atoms with Crippen LogP contribution in [0.4, 0.5) is 0 Å². The van der Waals surface area contributed by atoms with Crippen molar-refractivity contribution >= 4 is 22.6 Å². The SMILES string of the molecule is CNC(c1ccc(I)cc1)c1ncc(OC)nc1OC. The minimum Gasteiger partial charge on any atom is -0.480 e. The quantitative estimate of drug-likeness (QED) is 0.802. The number of benzene rings is 1. The van der Waals surface area contributed by atoms with E-state index in [0.717, 1.165) is 11.3 Å². The van der Waals surface area contributed by atoms with Crippen LogP contribution in [-0.2, 0) is 0 Å². The average molecular weight is 385 g/mol. The molecule has 1 unspecified atom stereocenters. The molecular weight excluding hydrogens is 369 g/mol. The van der Waals surface area contributed by atoms with Gasteiger partial charge >= 0.3 is 0 Å². The van der Waals surface area contributed by atoms with E-state index < -0.39 is 0 Å². The van der Waals surface area contributed by atoms with Crippen molar-refractivity contribution in [2.45, 2.75) is 6.04 Å². The highest BCUT2D eigenvalue weighted by Crippen LogP contribution is 2.28. The van der Waals surface area contributed by atoms with Gasteiger partial charge in [-0.15, -0.1) is 0 Å². The Balaban J connectivity index is 2.43. The molecular formula is C14H16IN3O2. The van der Waals surface area contributed by atoms with Gasteiger partial charge < -0.3 is 14.8 Å². The van der Waals surface area contributed by atoms with Gasteiger partial charge in [0.15, 0.2) is 0 Å². The van der Waals surface area contributed by atoms with E-state index in [9.17, 15) is 0 Å². The first-order valence-electron chi connectivity index (χ1n) is 6.07. The minimum absolute atomic E-state index is 0.0830. The Hall–Kier alpha value is -1.41. The third kappa shape index (κ3) is 3.18. The predicted molar refractivity (Wildman–Crippen MR) is 85.2 cm³/mol. The Kier molecular flexibility index (Phi) is 5.13. The highest BCUT2D eigenvalue weighted by molar-refractivity contribution is 14.1. The molecule has 1 atom stereocenters. The zero-order valence-corrected chi connectivity index (χ0v) is 13.7. The summed E-state index contributed by atoms with van der Waals surface area (Å²) in [6.45, 7) is 0. The predicted octanol–water partition coefficient (Wildman–Crippen LogP) is 2.41. The lowest BCUT2D eigenvalue weighted by Gasteiger charge is -2.18. The summed E-state index contributed by atoms with van der Waals surface area (Å²) in [5, 5.41) is 3.24. The van der Waals surface area contributed by atoms with E-state index in [-0.39, 0.29) is 6.04 Å². The summed E-state index contributed by atoms with van der Waals surface area (Å²) in [5.41, 5.74) is 1.84. The number of methoxy groups -OCH3 is 2. The van der Waals surface area contributed by atoms with Crippen LogP contribution in [0.1, 0.15) is 17.3 Å². The van der Waals surface area contributed by atoms with Crippen LogP contribution in [0.3, 0.4) is 0 Å². The molecule has 1 aromatic carbocycles. The fourth-order valence-corrected chi connectivity index (χ4v) is 2.29. The zero-order chi connectivity index (χ0) is 14.5. The molecule has 1 N–H and O–H groups in total. The van der Waals surface area contributed by atoms with Crippen LogP contribution in [0.15, 0.2) is 30.5 Å². The first-order valence-corrected chi connectivity index (χ1v) is 7.15. The summed E-state index contributed by atoms with van der Waals surface area (Å²) in [6, 6.07) is 8.16. The number of nitrogens with zero attached hydrogens (tertiary/aromatic N) is 2. The zero-order valence-electron chi connectivity index (χ0n) is 11.6. The van der Waals surface area contributed by atoms with Crippen molar-refractivity contribution in [3.63, 3.8) is 0 Å². The monoisotopic (exact) mass is 385 g/mol. The lowest BCUT2D eigenvalue weighted by molar-refractivity contribution is 0.353. The Morgan fingerprint density at radius 2 is 1.85 bits per heavy atom. The second-order valence-electron chi connectivity index (χ2n) is 4.08. The Bertz CT molecular complexity index is 575. The summed E-state index contributed by atoms with van der Waals surface area (Å²) < 4.78 is 11.6. The van der Waals surface area contributed by atoms with Gasteiger partial charge in [0.05, 0.1) is 26.5 Å². The van der Waals surface area contributed by atoms with Crippen LogP contribution < -0.4 is 14.8 Å². The molecule has 106 valence electrons. The van der Waals surface area contributed by atoms with E-state index in [4.69, 9.17) is 9.47 Å². The van der Waals surface area contributed by atoms with Gasteiger partial charge in [-0.25, -0.2) is 4.98 Å². The third-order valence-corrected chi connectivity index (χ3v) is 3.63. The van der Waals surface area contributed by atoms with Gasteiger partial charge in [0.2, 0.25) is 11.8 Å². The molecule has 2 aromatic rings. The summed E-state index contributed by atoms with van der Waals surface area (Å²) in [6.07, 6.45) is 1.59. The fraction of sp³-hybridized carbons (Fsp3) is 0.286. The van der Waals surface area contributed by atoms with Crippen molar-refractivity contribution in [3.05, 3.63) is 45.3 Å². The van der Waals surface area contributed by atoms with Gasteiger partial charge in [-0.1, -0.05) is 12.1 Å².